The van der Waals surface area contributed by atoms with Gasteiger partial charge in [0.2, 0.25) is 0 Å². The summed E-state index contributed by atoms with van der Waals surface area (Å²) in [5, 5.41) is 37.7. The molecule has 9 nitrogen and oxygen atoms in total. The fourth-order valence-electron chi connectivity index (χ4n) is 2.20. The summed E-state index contributed by atoms with van der Waals surface area (Å²) >= 11 is 0. The predicted octanol–water partition coefficient (Wildman–Crippen LogP) is -0.984. The molecule has 0 spiro atoms. The van der Waals surface area contributed by atoms with Gasteiger partial charge in [0.05, 0.1) is 25.0 Å². The van der Waals surface area contributed by atoms with Crippen LogP contribution in [-0.4, -0.2) is 75.3 Å². The van der Waals surface area contributed by atoms with Crippen molar-refractivity contribution in [1.29, 1.82) is 0 Å². The van der Waals surface area contributed by atoms with E-state index >= 15 is 0 Å². The lowest BCUT2D eigenvalue weighted by Crippen LogP contribution is -2.57. The average molecular weight is 336 g/mol. The molecule has 1 heterocycles. The molecule has 4 N–H and O–H groups in total. The summed E-state index contributed by atoms with van der Waals surface area (Å²) < 4.78 is 15.5. The number of aliphatic hydroxyl groups is 3. The van der Waals surface area contributed by atoms with Crippen LogP contribution in [0.2, 0.25) is 0 Å². The Balaban J connectivity index is 2.45. The SMILES string of the molecule is CC(CC(=O)O)OC(=O)CC(C)OC1OC(C)C(O)C(O)C1O. The van der Waals surface area contributed by atoms with Crippen LogP contribution in [0.25, 0.3) is 0 Å². The first-order valence-electron chi connectivity index (χ1n) is 7.38. The van der Waals surface area contributed by atoms with Crippen LogP contribution in [0.3, 0.4) is 0 Å². The molecule has 1 aliphatic rings. The molecule has 0 aromatic carbocycles. The molecule has 0 saturated carbocycles. The van der Waals surface area contributed by atoms with Gasteiger partial charge in [-0.1, -0.05) is 0 Å². The summed E-state index contributed by atoms with van der Waals surface area (Å²) in [6.07, 6.45) is -7.98. The van der Waals surface area contributed by atoms with E-state index < -0.39 is 54.9 Å². The Morgan fingerprint density at radius 2 is 1.65 bits per heavy atom. The van der Waals surface area contributed by atoms with E-state index in [-0.39, 0.29) is 12.8 Å². The fourth-order valence-corrected chi connectivity index (χ4v) is 2.20. The molecule has 23 heavy (non-hydrogen) atoms. The van der Waals surface area contributed by atoms with Crippen LogP contribution in [-0.2, 0) is 23.8 Å². The molecule has 0 bridgehead atoms. The minimum atomic E-state index is -1.45. The highest BCUT2D eigenvalue weighted by Crippen LogP contribution is 2.23. The maximum atomic E-state index is 11.7. The van der Waals surface area contributed by atoms with E-state index in [1.54, 1.807) is 6.92 Å². The molecule has 1 rings (SSSR count). The van der Waals surface area contributed by atoms with Crippen LogP contribution >= 0.6 is 0 Å². The summed E-state index contributed by atoms with van der Waals surface area (Å²) in [4.78, 5) is 22.2. The second-order valence-electron chi connectivity index (χ2n) is 5.73. The number of carboxylic acid groups (broad SMARTS) is 1. The van der Waals surface area contributed by atoms with Crippen molar-refractivity contribution < 1.29 is 44.2 Å². The van der Waals surface area contributed by atoms with Gasteiger partial charge in [-0.15, -0.1) is 0 Å². The average Bonchev–Trinajstić information content (AvgIpc) is 2.41. The van der Waals surface area contributed by atoms with E-state index in [0.717, 1.165) is 0 Å². The van der Waals surface area contributed by atoms with Gasteiger partial charge in [0.15, 0.2) is 6.29 Å². The molecule has 134 valence electrons. The monoisotopic (exact) mass is 336 g/mol. The highest BCUT2D eigenvalue weighted by atomic mass is 16.7. The van der Waals surface area contributed by atoms with Gasteiger partial charge < -0.3 is 34.6 Å². The van der Waals surface area contributed by atoms with E-state index in [9.17, 15) is 24.9 Å². The largest absolute Gasteiger partial charge is 0.481 e. The number of carbonyl (C=O) groups is 2. The molecule has 1 saturated heterocycles. The molecule has 0 aromatic rings. The summed E-state index contributed by atoms with van der Waals surface area (Å²) in [7, 11) is 0. The van der Waals surface area contributed by atoms with Crippen molar-refractivity contribution in [2.75, 3.05) is 0 Å². The second-order valence-corrected chi connectivity index (χ2v) is 5.73. The second kappa shape index (κ2) is 8.55. The number of ether oxygens (including phenoxy) is 3. The van der Waals surface area contributed by atoms with E-state index in [0.29, 0.717) is 0 Å². The number of esters is 1. The zero-order valence-electron chi connectivity index (χ0n) is 13.3. The molecule has 0 aliphatic carbocycles. The maximum absolute atomic E-state index is 11.7. The standard InChI is InChI=1S/C14H24O9/c1-6(4-9(15)16)21-10(17)5-7(2)22-14-13(20)12(19)11(18)8(3)23-14/h6-8,11-14,18-20H,4-5H2,1-3H3,(H,15,16). The summed E-state index contributed by atoms with van der Waals surface area (Å²) in [6, 6.07) is 0. The van der Waals surface area contributed by atoms with Gasteiger partial charge in [0.25, 0.3) is 0 Å². The molecule has 7 unspecified atom stereocenters. The van der Waals surface area contributed by atoms with Crippen molar-refractivity contribution in [2.24, 2.45) is 0 Å². The number of carboxylic acids is 1. The van der Waals surface area contributed by atoms with Gasteiger partial charge in [-0.2, -0.15) is 0 Å². The zero-order chi connectivity index (χ0) is 17.7. The van der Waals surface area contributed by atoms with Gasteiger partial charge >= 0.3 is 11.9 Å². The van der Waals surface area contributed by atoms with Gasteiger partial charge in [-0.05, 0) is 20.8 Å². The van der Waals surface area contributed by atoms with E-state index in [4.69, 9.17) is 19.3 Å². The topological polar surface area (TPSA) is 143 Å². The van der Waals surface area contributed by atoms with E-state index in [1.807, 2.05) is 0 Å². The van der Waals surface area contributed by atoms with Crippen LogP contribution in [0.1, 0.15) is 33.6 Å². The molecule has 0 radical (unpaired) electrons. The van der Waals surface area contributed by atoms with Crippen LogP contribution in [0.5, 0.6) is 0 Å². The highest BCUT2D eigenvalue weighted by Gasteiger charge is 2.43. The quantitative estimate of drug-likeness (QED) is 0.431. The lowest BCUT2D eigenvalue weighted by atomic mass is 10.00. The first-order chi connectivity index (χ1) is 10.6. The third kappa shape index (κ3) is 6.04. The lowest BCUT2D eigenvalue weighted by Gasteiger charge is -2.39. The van der Waals surface area contributed by atoms with Crippen molar-refractivity contribution in [3.05, 3.63) is 0 Å². The smallest absolute Gasteiger partial charge is 0.308 e. The Hall–Kier alpha value is -1.26. The number of rotatable bonds is 7. The van der Waals surface area contributed by atoms with Crippen LogP contribution < -0.4 is 0 Å². The van der Waals surface area contributed by atoms with Crippen molar-refractivity contribution in [3.63, 3.8) is 0 Å². The molecule has 7 atom stereocenters. The number of carbonyl (C=O) groups excluding carboxylic acids is 1. The van der Waals surface area contributed by atoms with Crippen molar-refractivity contribution in [1.82, 2.24) is 0 Å². The zero-order valence-corrected chi connectivity index (χ0v) is 13.3. The molecule has 9 heteroatoms. The molecule has 0 amide bonds. The van der Waals surface area contributed by atoms with Gasteiger partial charge in [0, 0.05) is 0 Å². The number of aliphatic carboxylic acids is 1. The molecule has 0 aromatic heterocycles. The Labute approximate surface area is 133 Å². The molecular formula is C14H24O9. The normalized spacial score (nSPS) is 33.7. The first kappa shape index (κ1) is 19.8. The first-order valence-corrected chi connectivity index (χ1v) is 7.38. The Morgan fingerprint density at radius 1 is 1.04 bits per heavy atom. The number of aliphatic hydroxyl groups excluding tert-OH is 3. The summed E-state index contributed by atoms with van der Waals surface area (Å²) in [5.41, 5.74) is 0. The summed E-state index contributed by atoms with van der Waals surface area (Å²) in [5.74, 6) is -1.72. The maximum Gasteiger partial charge on any atom is 0.308 e. The Morgan fingerprint density at radius 3 is 2.22 bits per heavy atom. The van der Waals surface area contributed by atoms with Crippen LogP contribution in [0.15, 0.2) is 0 Å². The summed E-state index contributed by atoms with van der Waals surface area (Å²) in [6.45, 7) is 4.52. The fraction of sp³-hybridized carbons (Fsp3) is 0.857. The van der Waals surface area contributed by atoms with E-state index in [2.05, 4.69) is 0 Å². The van der Waals surface area contributed by atoms with E-state index in [1.165, 1.54) is 13.8 Å². The Kier molecular flexibility index (Phi) is 7.36. The highest BCUT2D eigenvalue weighted by molar-refractivity contribution is 5.71. The van der Waals surface area contributed by atoms with Crippen molar-refractivity contribution in [2.45, 2.75) is 76.5 Å². The van der Waals surface area contributed by atoms with Gasteiger partial charge in [0.1, 0.15) is 24.4 Å². The molecule has 1 fully saturated rings. The Bertz CT molecular complexity index is 413. The van der Waals surface area contributed by atoms with Crippen molar-refractivity contribution in [3.8, 4) is 0 Å². The number of hydrogen-bond donors (Lipinski definition) is 4. The minimum absolute atomic E-state index is 0.177. The number of hydrogen-bond acceptors (Lipinski definition) is 8. The predicted molar refractivity (Wildman–Crippen MR) is 75.3 cm³/mol. The van der Waals surface area contributed by atoms with Crippen molar-refractivity contribution >= 4 is 11.9 Å². The molecular weight excluding hydrogens is 312 g/mol. The lowest BCUT2D eigenvalue weighted by molar-refractivity contribution is -0.302. The molecule has 1 aliphatic heterocycles. The third-order valence-electron chi connectivity index (χ3n) is 3.42. The third-order valence-corrected chi connectivity index (χ3v) is 3.42. The van der Waals surface area contributed by atoms with Gasteiger partial charge in [-0.25, -0.2) is 0 Å². The van der Waals surface area contributed by atoms with Crippen LogP contribution in [0, 0.1) is 0 Å². The minimum Gasteiger partial charge on any atom is -0.481 e. The van der Waals surface area contributed by atoms with Gasteiger partial charge in [-0.3, -0.25) is 9.59 Å². The van der Waals surface area contributed by atoms with Crippen LogP contribution in [0.4, 0.5) is 0 Å².